The second-order valence-electron chi connectivity index (χ2n) is 2.35. The van der Waals surface area contributed by atoms with Gasteiger partial charge in [0, 0.05) is 12.4 Å². The summed E-state index contributed by atoms with van der Waals surface area (Å²) < 4.78 is 24.1. The van der Waals surface area contributed by atoms with Gasteiger partial charge in [-0.05, 0) is 0 Å². The molecule has 76 valence electrons. The summed E-state index contributed by atoms with van der Waals surface area (Å²) in [6.07, 6.45) is 3.84. The Morgan fingerprint density at radius 2 is 2.21 bits per heavy atom. The van der Waals surface area contributed by atoms with Gasteiger partial charge in [-0.25, -0.2) is 13.4 Å². The maximum atomic E-state index is 11.1. The van der Waals surface area contributed by atoms with Gasteiger partial charge in [0.05, 0.1) is 6.20 Å². The lowest BCUT2D eigenvalue weighted by atomic mass is 10.7. The molecule has 0 atom stereocenters. The number of nitrogens with one attached hydrogen (secondary N) is 1. The van der Waals surface area contributed by atoms with Crippen LogP contribution in [-0.4, -0.2) is 35.2 Å². The molecule has 1 rings (SSSR count). The summed E-state index contributed by atoms with van der Waals surface area (Å²) in [7, 11) is -3.89. The average Bonchev–Trinajstić information content (AvgIpc) is 2.02. The zero-order chi connectivity index (χ0) is 10.6. The average molecular weight is 217 g/mol. The summed E-state index contributed by atoms with van der Waals surface area (Å²) in [5, 5.41) is 8.27. The Morgan fingerprint density at radius 3 is 2.71 bits per heavy atom. The molecule has 0 fully saturated rings. The fourth-order valence-electron chi connectivity index (χ4n) is 0.710. The van der Waals surface area contributed by atoms with Crippen LogP contribution in [0.25, 0.3) is 0 Å². The van der Waals surface area contributed by atoms with Crippen molar-refractivity contribution >= 4 is 21.8 Å². The number of carboxylic acid groups (broad SMARTS) is 1. The lowest BCUT2D eigenvalue weighted by Gasteiger charge is -2.02. The minimum Gasteiger partial charge on any atom is -0.480 e. The van der Waals surface area contributed by atoms with Crippen LogP contribution in [0.3, 0.4) is 0 Å². The van der Waals surface area contributed by atoms with Crippen LogP contribution in [0, 0.1) is 0 Å². The molecule has 8 heteroatoms. The highest BCUT2D eigenvalue weighted by atomic mass is 32.2. The third kappa shape index (κ3) is 3.35. The summed E-state index contributed by atoms with van der Waals surface area (Å²) in [4.78, 5) is 17.4. The number of rotatable bonds is 4. The quantitative estimate of drug-likeness (QED) is 0.690. The number of carbonyl (C=O) groups is 1. The van der Waals surface area contributed by atoms with E-state index in [-0.39, 0.29) is 5.82 Å². The fourth-order valence-corrected chi connectivity index (χ4v) is 1.53. The topological polar surface area (TPSA) is 109 Å². The van der Waals surface area contributed by atoms with Crippen LogP contribution in [0.2, 0.25) is 0 Å². The van der Waals surface area contributed by atoms with Crippen LogP contribution in [0.15, 0.2) is 18.6 Å². The number of nitrogens with zero attached hydrogens (tertiary/aromatic N) is 2. The number of carboxylic acids is 1. The lowest BCUT2D eigenvalue weighted by molar-refractivity contribution is -0.134. The number of hydrogen-bond donors (Lipinski definition) is 2. The Bertz CT molecular complexity index is 416. The maximum absolute atomic E-state index is 11.1. The highest BCUT2D eigenvalue weighted by molar-refractivity contribution is 7.93. The van der Waals surface area contributed by atoms with E-state index >= 15 is 0 Å². The molecule has 1 aromatic heterocycles. The van der Waals surface area contributed by atoms with Crippen LogP contribution >= 0.6 is 0 Å². The molecule has 1 heterocycles. The summed E-state index contributed by atoms with van der Waals surface area (Å²) in [5.74, 6) is -2.43. The van der Waals surface area contributed by atoms with Crippen molar-refractivity contribution in [3.63, 3.8) is 0 Å². The molecule has 0 bridgehead atoms. The van der Waals surface area contributed by atoms with Crippen molar-refractivity contribution in [1.82, 2.24) is 9.97 Å². The second kappa shape index (κ2) is 4.01. The van der Waals surface area contributed by atoms with Crippen molar-refractivity contribution in [2.75, 3.05) is 10.5 Å². The van der Waals surface area contributed by atoms with Crippen molar-refractivity contribution in [2.24, 2.45) is 0 Å². The van der Waals surface area contributed by atoms with E-state index in [4.69, 9.17) is 5.11 Å². The maximum Gasteiger partial charge on any atom is 0.320 e. The Morgan fingerprint density at radius 1 is 1.50 bits per heavy atom. The van der Waals surface area contributed by atoms with E-state index in [0.29, 0.717) is 0 Å². The number of hydrogen-bond acceptors (Lipinski definition) is 5. The smallest absolute Gasteiger partial charge is 0.320 e. The van der Waals surface area contributed by atoms with E-state index in [0.717, 1.165) is 0 Å². The van der Waals surface area contributed by atoms with E-state index in [1.165, 1.54) is 18.6 Å². The number of aliphatic carboxylic acids is 1. The van der Waals surface area contributed by atoms with Gasteiger partial charge >= 0.3 is 5.97 Å². The molecule has 0 unspecified atom stereocenters. The zero-order valence-electron chi connectivity index (χ0n) is 6.91. The van der Waals surface area contributed by atoms with Crippen LogP contribution in [0.5, 0.6) is 0 Å². The van der Waals surface area contributed by atoms with Gasteiger partial charge in [0.15, 0.2) is 11.6 Å². The van der Waals surface area contributed by atoms with Crippen LogP contribution in [0.4, 0.5) is 5.82 Å². The third-order valence-corrected chi connectivity index (χ3v) is 2.28. The first-order valence-corrected chi connectivity index (χ1v) is 5.13. The third-order valence-electron chi connectivity index (χ3n) is 1.14. The zero-order valence-corrected chi connectivity index (χ0v) is 7.73. The van der Waals surface area contributed by atoms with Crippen molar-refractivity contribution in [3.05, 3.63) is 18.6 Å². The highest BCUT2D eigenvalue weighted by Gasteiger charge is 2.15. The second-order valence-corrected chi connectivity index (χ2v) is 4.07. The van der Waals surface area contributed by atoms with Gasteiger partial charge in [-0.2, -0.15) is 0 Å². The molecule has 0 aliphatic heterocycles. The predicted octanol–water partition coefficient (Wildman–Crippen LogP) is -0.697. The van der Waals surface area contributed by atoms with Gasteiger partial charge in [-0.3, -0.25) is 14.5 Å². The van der Waals surface area contributed by atoms with Crippen LogP contribution < -0.4 is 4.72 Å². The van der Waals surface area contributed by atoms with E-state index in [2.05, 4.69) is 9.97 Å². The molecule has 0 aliphatic carbocycles. The number of aromatic nitrogens is 2. The van der Waals surface area contributed by atoms with Crippen molar-refractivity contribution in [1.29, 1.82) is 0 Å². The van der Waals surface area contributed by atoms with E-state index in [1.807, 2.05) is 4.72 Å². The Hall–Kier alpha value is -1.70. The van der Waals surface area contributed by atoms with Gasteiger partial charge in [0.1, 0.15) is 0 Å². The summed E-state index contributed by atoms with van der Waals surface area (Å²) in [5.41, 5.74) is 0. The molecule has 1 aromatic rings. The van der Waals surface area contributed by atoms with Gasteiger partial charge in [-0.1, -0.05) is 0 Å². The molecule has 2 N–H and O–H groups in total. The van der Waals surface area contributed by atoms with Crippen molar-refractivity contribution in [2.45, 2.75) is 0 Å². The van der Waals surface area contributed by atoms with Gasteiger partial charge in [-0.15, -0.1) is 0 Å². The summed E-state index contributed by atoms with van der Waals surface area (Å²) in [6, 6.07) is 0. The summed E-state index contributed by atoms with van der Waals surface area (Å²) >= 11 is 0. The minimum absolute atomic E-state index is 0.00579. The molecule has 0 saturated heterocycles. The van der Waals surface area contributed by atoms with Crippen molar-refractivity contribution < 1.29 is 18.3 Å². The predicted molar refractivity (Wildman–Crippen MR) is 47.1 cm³/mol. The van der Waals surface area contributed by atoms with E-state index in [1.54, 1.807) is 0 Å². The normalized spacial score (nSPS) is 10.9. The first-order valence-electron chi connectivity index (χ1n) is 3.48. The largest absolute Gasteiger partial charge is 0.480 e. The molecule has 0 radical (unpaired) electrons. The number of anilines is 1. The minimum atomic E-state index is -3.89. The van der Waals surface area contributed by atoms with E-state index < -0.39 is 21.7 Å². The highest BCUT2D eigenvalue weighted by Crippen LogP contribution is 2.01. The molecule has 14 heavy (non-hydrogen) atoms. The van der Waals surface area contributed by atoms with Gasteiger partial charge in [0.25, 0.3) is 0 Å². The molecule has 0 aromatic carbocycles. The molecular formula is C6H7N3O4S. The Balaban J connectivity index is 2.74. The van der Waals surface area contributed by atoms with Crippen LogP contribution in [-0.2, 0) is 14.8 Å². The first kappa shape index (κ1) is 10.4. The number of sulfonamides is 1. The molecule has 7 nitrogen and oxygen atoms in total. The molecule has 0 spiro atoms. The van der Waals surface area contributed by atoms with Gasteiger partial charge in [0.2, 0.25) is 10.0 Å². The molecule has 0 amide bonds. The first-order chi connectivity index (χ1) is 6.49. The summed E-state index contributed by atoms with van der Waals surface area (Å²) in [6.45, 7) is 0. The Labute approximate surface area is 79.9 Å². The molecule has 0 aliphatic rings. The monoisotopic (exact) mass is 217 g/mol. The molecular weight excluding hydrogens is 210 g/mol. The SMILES string of the molecule is O=C(O)CS(=O)(=O)Nc1cnccn1. The fraction of sp³-hybridized carbons (Fsp3) is 0.167. The van der Waals surface area contributed by atoms with Gasteiger partial charge < -0.3 is 5.11 Å². The molecule has 0 saturated carbocycles. The van der Waals surface area contributed by atoms with E-state index in [9.17, 15) is 13.2 Å². The van der Waals surface area contributed by atoms with Crippen molar-refractivity contribution in [3.8, 4) is 0 Å². The Kier molecular flexibility index (Phi) is 2.97. The lowest BCUT2D eigenvalue weighted by Crippen LogP contribution is -2.22. The van der Waals surface area contributed by atoms with Crippen LogP contribution in [0.1, 0.15) is 0 Å². The standard InChI is InChI=1S/C6H7N3O4S/c10-6(11)4-14(12,13)9-5-3-7-1-2-8-5/h1-3H,4H2,(H,8,9)(H,10,11).